The Kier molecular flexibility index (Phi) is 5.19. The third-order valence-corrected chi connectivity index (χ3v) is 4.30. The zero-order valence-electron chi connectivity index (χ0n) is 11.6. The van der Waals surface area contributed by atoms with E-state index >= 15 is 0 Å². The average Bonchev–Trinajstić information content (AvgIpc) is 2.89. The molecule has 2 rings (SSSR count). The minimum absolute atomic E-state index is 0.0674. The summed E-state index contributed by atoms with van der Waals surface area (Å²) in [6.07, 6.45) is 7.38. The number of nitrogens with zero attached hydrogens (tertiary/aromatic N) is 1. The molecule has 108 valence electrons. The van der Waals surface area contributed by atoms with Crippen molar-refractivity contribution in [2.45, 2.75) is 51.0 Å². The van der Waals surface area contributed by atoms with Gasteiger partial charge in [-0.15, -0.1) is 0 Å². The molecule has 0 bridgehead atoms. The van der Waals surface area contributed by atoms with Crippen molar-refractivity contribution < 1.29 is 9.59 Å². The van der Waals surface area contributed by atoms with E-state index in [4.69, 9.17) is 5.73 Å². The summed E-state index contributed by atoms with van der Waals surface area (Å²) in [6.45, 7) is 1.85. The lowest BCUT2D eigenvalue weighted by molar-refractivity contribution is -0.138. The first kappa shape index (κ1) is 14.3. The van der Waals surface area contributed by atoms with Gasteiger partial charge in [0.1, 0.15) is 0 Å². The summed E-state index contributed by atoms with van der Waals surface area (Å²) in [5.74, 6) is 0.212. The predicted molar refractivity (Wildman–Crippen MR) is 73.4 cm³/mol. The van der Waals surface area contributed by atoms with Gasteiger partial charge in [0.2, 0.25) is 11.8 Å². The predicted octanol–water partition coefficient (Wildman–Crippen LogP) is 0.633. The Labute approximate surface area is 114 Å². The normalized spacial score (nSPS) is 24.3. The van der Waals surface area contributed by atoms with Crippen molar-refractivity contribution >= 4 is 11.8 Å². The zero-order chi connectivity index (χ0) is 13.7. The van der Waals surface area contributed by atoms with Crippen LogP contribution in [0, 0.1) is 5.92 Å². The fourth-order valence-corrected chi connectivity index (χ4v) is 3.27. The highest BCUT2D eigenvalue weighted by Crippen LogP contribution is 2.28. The highest BCUT2D eigenvalue weighted by molar-refractivity contribution is 5.84. The minimum atomic E-state index is -0.412. The van der Waals surface area contributed by atoms with Crippen LogP contribution in [-0.2, 0) is 9.59 Å². The van der Waals surface area contributed by atoms with E-state index in [0.717, 1.165) is 38.8 Å². The Hall–Kier alpha value is -1.10. The van der Waals surface area contributed by atoms with E-state index in [1.165, 1.54) is 12.8 Å². The van der Waals surface area contributed by atoms with Crippen LogP contribution < -0.4 is 11.1 Å². The van der Waals surface area contributed by atoms with Gasteiger partial charge in [-0.1, -0.05) is 12.8 Å². The second-order valence-corrected chi connectivity index (χ2v) is 5.84. The summed E-state index contributed by atoms with van der Waals surface area (Å²) in [5, 5.41) is 3.29. The summed E-state index contributed by atoms with van der Waals surface area (Å²) < 4.78 is 0. The molecule has 0 spiro atoms. The van der Waals surface area contributed by atoms with Crippen LogP contribution in [0.25, 0.3) is 0 Å². The van der Waals surface area contributed by atoms with E-state index in [1.807, 2.05) is 0 Å². The van der Waals surface area contributed by atoms with Crippen LogP contribution >= 0.6 is 0 Å². The van der Waals surface area contributed by atoms with Crippen molar-refractivity contribution in [3.63, 3.8) is 0 Å². The molecule has 0 aromatic carbocycles. The minimum Gasteiger partial charge on any atom is -0.368 e. The number of nitrogens with one attached hydrogen (secondary N) is 1. The first-order valence-electron chi connectivity index (χ1n) is 7.45. The highest BCUT2D eigenvalue weighted by Gasteiger charge is 2.28. The van der Waals surface area contributed by atoms with Gasteiger partial charge in [-0.25, -0.2) is 0 Å². The molecule has 1 aliphatic carbocycles. The van der Waals surface area contributed by atoms with Gasteiger partial charge in [-0.3, -0.25) is 9.59 Å². The number of carbonyl (C=O) groups is 2. The van der Waals surface area contributed by atoms with Crippen LogP contribution in [0.1, 0.15) is 44.9 Å². The summed E-state index contributed by atoms with van der Waals surface area (Å²) in [7, 11) is 0. The lowest BCUT2D eigenvalue weighted by Gasteiger charge is -2.34. The Morgan fingerprint density at radius 1 is 1.16 bits per heavy atom. The lowest BCUT2D eigenvalue weighted by atomic mass is 10.0. The van der Waals surface area contributed by atoms with E-state index in [2.05, 4.69) is 5.32 Å². The monoisotopic (exact) mass is 267 g/mol. The van der Waals surface area contributed by atoms with Gasteiger partial charge >= 0.3 is 0 Å². The summed E-state index contributed by atoms with van der Waals surface area (Å²) >= 11 is 0. The molecule has 3 N–H and O–H groups in total. The van der Waals surface area contributed by atoms with Crippen LogP contribution in [0.4, 0.5) is 0 Å². The number of primary amides is 1. The second kappa shape index (κ2) is 6.89. The van der Waals surface area contributed by atoms with Crippen molar-refractivity contribution in [2.75, 3.05) is 19.6 Å². The molecule has 1 heterocycles. The van der Waals surface area contributed by atoms with E-state index in [1.54, 1.807) is 4.90 Å². The number of piperidine rings is 1. The fourth-order valence-electron chi connectivity index (χ4n) is 3.27. The molecule has 19 heavy (non-hydrogen) atoms. The number of hydrogen-bond donors (Lipinski definition) is 2. The molecule has 0 aromatic rings. The van der Waals surface area contributed by atoms with Gasteiger partial charge in [0.25, 0.3) is 0 Å². The molecule has 5 heteroatoms. The molecule has 0 aromatic heterocycles. The van der Waals surface area contributed by atoms with E-state index in [0.29, 0.717) is 12.3 Å². The standard InChI is InChI=1S/C14H25N3O2/c15-13(18)10-17(12-6-3-7-16-9-12)14(19)8-11-4-1-2-5-11/h11-12,16H,1-10H2,(H2,15,18). The maximum Gasteiger partial charge on any atom is 0.237 e. The van der Waals surface area contributed by atoms with Crippen LogP contribution in [0.3, 0.4) is 0 Å². The first-order valence-corrected chi connectivity index (χ1v) is 7.45. The van der Waals surface area contributed by atoms with Gasteiger partial charge in [-0.2, -0.15) is 0 Å². The number of nitrogens with two attached hydrogens (primary N) is 1. The topological polar surface area (TPSA) is 75.4 Å². The number of carbonyl (C=O) groups excluding carboxylic acids is 2. The number of amides is 2. The third-order valence-electron chi connectivity index (χ3n) is 4.30. The summed E-state index contributed by atoms with van der Waals surface area (Å²) in [4.78, 5) is 25.3. The smallest absolute Gasteiger partial charge is 0.237 e. The van der Waals surface area contributed by atoms with Gasteiger partial charge in [0, 0.05) is 19.0 Å². The molecule has 1 unspecified atom stereocenters. The molecule has 2 fully saturated rings. The lowest BCUT2D eigenvalue weighted by Crippen LogP contribution is -2.51. The first-order chi connectivity index (χ1) is 9.16. The molecule has 0 radical (unpaired) electrons. The van der Waals surface area contributed by atoms with Crippen molar-refractivity contribution in [1.29, 1.82) is 0 Å². The Morgan fingerprint density at radius 3 is 2.47 bits per heavy atom. The van der Waals surface area contributed by atoms with Gasteiger partial charge < -0.3 is 16.0 Å². The molecule has 5 nitrogen and oxygen atoms in total. The molecule has 1 atom stereocenters. The number of rotatable bonds is 5. The molecule has 1 saturated carbocycles. The highest BCUT2D eigenvalue weighted by atomic mass is 16.2. The van der Waals surface area contributed by atoms with Crippen LogP contribution in [0.5, 0.6) is 0 Å². The quantitative estimate of drug-likeness (QED) is 0.767. The van der Waals surface area contributed by atoms with E-state index < -0.39 is 5.91 Å². The van der Waals surface area contributed by atoms with E-state index in [-0.39, 0.29) is 18.5 Å². The molecule has 1 aliphatic heterocycles. The maximum absolute atomic E-state index is 12.4. The van der Waals surface area contributed by atoms with E-state index in [9.17, 15) is 9.59 Å². The van der Waals surface area contributed by atoms with Crippen molar-refractivity contribution in [3.05, 3.63) is 0 Å². The van der Waals surface area contributed by atoms with Crippen LogP contribution in [-0.4, -0.2) is 42.4 Å². The molecule has 1 saturated heterocycles. The second-order valence-electron chi connectivity index (χ2n) is 5.84. The molecular weight excluding hydrogens is 242 g/mol. The molecule has 2 aliphatic rings. The average molecular weight is 267 g/mol. The van der Waals surface area contributed by atoms with Crippen molar-refractivity contribution in [3.8, 4) is 0 Å². The molecule has 2 amide bonds. The Bertz CT molecular complexity index is 321. The van der Waals surface area contributed by atoms with Gasteiger partial charge in [0.15, 0.2) is 0 Å². The summed E-state index contributed by atoms with van der Waals surface area (Å²) in [6, 6.07) is 0.134. The maximum atomic E-state index is 12.4. The summed E-state index contributed by atoms with van der Waals surface area (Å²) in [5.41, 5.74) is 5.29. The van der Waals surface area contributed by atoms with Crippen molar-refractivity contribution in [1.82, 2.24) is 10.2 Å². The zero-order valence-corrected chi connectivity index (χ0v) is 11.6. The third kappa shape index (κ3) is 4.20. The van der Waals surface area contributed by atoms with Gasteiger partial charge in [-0.05, 0) is 38.1 Å². The SMILES string of the molecule is NC(=O)CN(C(=O)CC1CCCC1)C1CCCNC1. The van der Waals surface area contributed by atoms with Crippen molar-refractivity contribution in [2.24, 2.45) is 11.7 Å². The largest absolute Gasteiger partial charge is 0.368 e. The van der Waals surface area contributed by atoms with Crippen LogP contribution in [0.2, 0.25) is 0 Å². The van der Waals surface area contributed by atoms with Gasteiger partial charge in [0.05, 0.1) is 6.54 Å². The Morgan fingerprint density at radius 2 is 1.89 bits per heavy atom. The fraction of sp³-hybridized carbons (Fsp3) is 0.857. The number of hydrogen-bond acceptors (Lipinski definition) is 3. The Balaban J connectivity index is 1.94. The van der Waals surface area contributed by atoms with Crippen LogP contribution in [0.15, 0.2) is 0 Å². The molecular formula is C14H25N3O2.